The lowest BCUT2D eigenvalue weighted by molar-refractivity contribution is 0.0656. The first-order valence-corrected chi connectivity index (χ1v) is 8.63. The van der Waals surface area contributed by atoms with Gasteiger partial charge in [0.25, 0.3) is 5.91 Å². The first-order chi connectivity index (χ1) is 9.79. The van der Waals surface area contributed by atoms with Gasteiger partial charge in [-0.25, -0.2) is 4.98 Å². The lowest BCUT2D eigenvalue weighted by atomic mass is 9.83. The molecule has 1 atom stereocenters. The highest BCUT2D eigenvalue weighted by atomic mass is 32.1. The lowest BCUT2D eigenvalue weighted by Gasteiger charge is -2.33. The first kappa shape index (κ1) is 14.0. The van der Waals surface area contributed by atoms with Crippen LogP contribution in [0.1, 0.15) is 60.4 Å². The number of nitrogens with two attached hydrogens (primary N) is 1. The molecule has 2 heterocycles. The summed E-state index contributed by atoms with van der Waals surface area (Å²) in [4.78, 5) is 19.1. The van der Waals surface area contributed by atoms with E-state index in [1.807, 2.05) is 5.38 Å². The Hall–Kier alpha value is -0.940. The second-order valence-electron chi connectivity index (χ2n) is 5.94. The van der Waals surface area contributed by atoms with Crippen molar-refractivity contribution in [3.05, 3.63) is 16.1 Å². The maximum absolute atomic E-state index is 12.7. The number of aromatic nitrogens is 1. The molecule has 4 nitrogen and oxygen atoms in total. The average molecular weight is 293 g/mol. The van der Waals surface area contributed by atoms with Gasteiger partial charge < -0.3 is 10.6 Å². The monoisotopic (exact) mass is 293 g/mol. The van der Waals surface area contributed by atoms with E-state index >= 15 is 0 Å². The first-order valence-electron chi connectivity index (χ1n) is 7.75. The topological polar surface area (TPSA) is 59.2 Å². The van der Waals surface area contributed by atoms with Gasteiger partial charge in [0.05, 0.1) is 0 Å². The summed E-state index contributed by atoms with van der Waals surface area (Å²) in [6.07, 6.45) is 8.92. The van der Waals surface area contributed by atoms with Gasteiger partial charge in [-0.2, -0.15) is 0 Å². The number of hydrogen-bond acceptors (Lipinski definition) is 4. The van der Waals surface area contributed by atoms with Crippen LogP contribution in [0.3, 0.4) is 0 Å². The van der Waals surface area contributed by atoms with Crippen LogP contribution in [0.15, 0.2) is 5.38 Å². The van der Waals surface area contributed by atoms with Crippen molar-refractivity contribution in [1.82, 2.24) is 9.88 Å². The van der Waals surface area contributed by atoms with Gasteiger partial charge in [0, 0.05) is 24.5 Å². The summed E-state index contributed by atoms with van der Waals surface area (Å²) in [7, 11) is 0. The van der Waals surface area contributed by atoms with E-state index in [0.717, 1.165) is 18.0 Å². The molecule has 0 bridgehead atoms. The summed E-state index contributed by atoms with van der Waals surface area (Å²) in [6, 6.07) is 0.450. The van der Waals surface area contributed by atoms with Gasteiger partial charge in [0.1, 0.15) is 10.7 Å². The molecule has 0 spiro atoms. The second-order valence-corrected chi connectivity index (χ2v) is 6.88. The van der Waals surface area contributed by atoms with Gasteiger partial charge in [0.2, 0.25) is 0 Å². The number of carbonyl (C=O) groups excluding carboxylic acids is 1. The van der Waals surface area contributed by atoms with Gasteiger partial charge in [-0.05, 0) is 31.6 Å². The van der Waals surface area contributed by atoms with Gasteiger partial charge in [0.15, 0.2) is 0 Å². The molecular weight excluding hydrogens is 270 g/mol. The van der Waals surface area contributed by atoms with E-state index in [1.165, 1.54) is 49.9 Å². The summed E-state index contributed by atoms with van der Waals surface area (Å²) in [5, 5.41) is 2.71. The number of nitrogens with zero attached hydrogens (tertiary/aromatic N) is 2. The van der Waals surface area contributed by atoms with Gasteiger partial charge in [-0.15, -0.1) is 11.3 Å². The Kier molecular flexibility index (Phi) is 4.36. The SMILES string of the molecule is NCc1nc(C(=O)N2CCCC2C2CCCCC2)cs1. The molecule has 1 unspecified atom stereocenters. The minimum Gasteiger partial charge on any atom is -0.334 e. The zero-order chi connectivity index (χ0) is 13.9. The fraction of sp³-hybridized carbons (Fsp3) is 0.733. The Bertz CT molecular complexity index is 467. The number of amides is 1. The van der Waals surface area contributed by atoms with Crippen LogP contribution >= 0.6 is 11.3 Å². The van der Waals surface area contributed by atoms with Crippen molar-refractivity contribution in [1.29, 1.82) is 0 Å². The van der Waals surface area contributed by atoms with Crippen molar-refractivity contribution in [2.45, 2.75) is 57.5 Å². The largest absolute Gasteiger partial charge is 0.334 e. The maximum Gasteiger partial charge on any atom is 0.273 e. The minimum atomic E-state index is 0.119. The van der Waals surface area contributed by atoms with E-state index < -0.39 is 0 Å². The number of likely N-dealkylation sites (tertiary alicyclic amines) is 1. The Morgan fingerprint density at radius 1 is 1.30 bits per heavy atom. The van der Waals surface area contributed by atoms with Crippen LogP contribution in [-0.4, -0.2) is 28.4 Å². The van der Waals surface area contributed by atoms with E-state index in [9.17, 15) is 4.79 Å². The molecule has 1 aliphatic carbocycles. The molecule has 0 aromatic carbocycles. The molecule has 20 heavy (non-hydrogen) atoms. The maximum atomic E-state index is 12.7. The molecule has 2 N–H and O–H groups in total. The standard InChI is InChI=1S/C15H23N3OS/c16-9-14-17-12(10-20-14)15(19)18-8-4-7-13(18)11-5-2-1-3-6-11/h10-11,13H,1-9,16H2. The van der Waals surface area contributed by atoms with E-state index in [-0.39, 0.29) is 5.91 Å². The number of carbonyl (C=O) groups is 1. The second kappa shape index (κ2) is 6.22. The van der Waals surface area contributed by atoms with Crippen LogP contribution in [0.4, 0.5) is 0 Å². The molecule has 110 valence electrons. The molecular formula is C15H23N3OS. The summed E-state index contributed by atoms with van der Waals surface area (Å²) in [5.41, 5.74) is 6.18. The van der Waals surface area contributed by atoms with E-state index in [0.29, 0.717) is 24.2 Å². The van der Waals surface area contributed by atoms with E-state index in [1.54, 1.807) is 0 Å². The molecule has 1 aromatic heterocycles. The third-order valence-electron chi connectivity index (χ3n) is 4.70. The van der Waals surface area contributed by atoms with Crippen molar-refractivity contribution in [2.24, 2.45) is 11.7 Å². The third kappa shape index (κ3) is 2.74. The minimum absolute atomic E-state index is 0.119. The zero-order valence-corrected chi connectivity index (χ0v) is 12.7. The van der Waals surface area contributed by atoms with Gasteiger partial charge >= 0.3 is 0 Å². The Balaban J connectivity index is 1.72. The fourth-order valence-corrected chi connectivity index (χ4v) is 4.35. The molecule has 1 saturated heterocycles. The van der Waals surface area contributed by atoms with Crippen molar-refractivity contribution in [2.75, 3.05) is 6.54 Å². The fourth-order valence-electron chi connectivity index (χ4n) is 3.70. The number of hydrogen-bond donors (Lipinski definition) is 1. The quantitative estimate of drug-likeness (QED) is 0.932. The van der Waals surface area contributed by atoms with Crippen LogP contribution < -0.4 is 5.73 Å². The molecule has 5 heteroatoms. The van der Waals surface area contributed by atoms with Crippen LogP contribution in [0.2, 0.25) is 0 Å². The molecule has 2 aliphatic rings. The summed E-state index contributed by atoms with van der Waals surface area (Å²) < 4.78 is 0. The van der Waals surface area contributed by atoms with Crippen LogP contribution in [0.5, 0.6) is 0 Å². The molecule has 2 fully saturated rings. The predicted molar refractivity (Wildman–Crippen MR) is 80.6 cm³/mol. The van der Waals surface area contributed by atoms with Gasteiger partial charge in [-0.1, -0.05) is 19.3 Å². The Morgan fingerprint density at radius 2 is 2.10 bits per heavy atom. The van der Waals surface area contributed by atoms with Crippen molar-refractivity contribution < 1.29 is 4.79 Å². The molecule has 0 radical (unpaired) electrons. The van der Waals surface area contributed by atoms with Crippen molar-refractivity contribution in [3.8, 4) is 0 Å². The van der Waals surface area contributed by atoms with Crippen LogP contribution in [0, 0.1) is 5.92 Å². The Morgan fingerprint density at radius 3 is 2.80 bits per heavy atom. The average Bonchev–Trinajstić information content (AvgIpc) is 3.16. The smallest absolute Gasteiger partial charge is 0.273 e. The number of rotatable bonds is 3. The normalized spacial score (nSPS) is 24.2. The molecule has 1 aromatic rings. The molecule has 1 amide bonds. The van der Waals surface area contributed by atoms with Crippen molar-refractivity contribution in [3.63, 3.8) is 0 Å². The zero-order valence-electron chi connectivity index (χ0n) is 11.9. The molecule has 1 saturated carbocycles. The van der Waals surface area contributed by atoms with Gasteiger partial charge in [-0.3, -0.25) is 4.79 Å². The molecule has 3 rings (SSSR count). The van der Waals surface area contributed by atoms with E-state index in [4.69, 9.17) is 5.73 Å². The van der Waals surface area contributed by atoms with Crippen LogP contribution in [0.25, 0.3) is 0 Å². The molecule has 1 aliphatic heterocycles. The number of thiazole rings is 1. The van der Waals surface area contributed by atoms with E-state index in [2.05, 4.69) is 9.88 Å². The lowest BCUT2D eigenvalue weighted by Crippen LogP contribution is -2.40. The third-order valence-corrected chi connectivity index (χ3v) is 5.57. The highest BCUT2D eigenvalue weighted by Crippen LogP contribution is 2.35. The summed E-state index contributed by atoms with van der Waals surface area (Å²) >= 11 is 1.49. The highest BCUT2D eigenvalue weighted by Gasteiger charge is 2.36. The summed E-state index contributed by atoms with van der Waals surface area (Å²) in [6.45, 7) is 1.32. The highest BCUT2D eigenvalue weighted by molar-refractivity contribution is 7.09. The van der Waals surface area contributed by atoms with Crippen LogP contribution in [-0.2, 0) is 6.54 Å². The Labute approximate surface area is 124 Å². The predicted octanol–water partition coefficient (Wildman–Crippen LogP) is 2.79. The van der Waals surface area contributed by atoms with Crippen molar-refractivity contribution >= 4 is 17.2 Å². The summed E-state index contributed by atoms with van der Waals surface area (Å²) in [5.74, 6) is 0.830.